The van der Waals surface area contributed by atoms with E-state index in [1.54, 1.807) is 22.2 Å². The summed E-state index contributed by atoms with van der Waals surface area (Å²) in [5.41, 5.74) is 2.57. The van der Waals surface area contributed by atoms with Crippen LogP contribution < -0.4 is 4.74 Å². The topological polar surface area (TPSA) is 66.0 Å². The molecule has 4 rings (SSSR count). The minimum absolute atomic E-state index is 0.270. The number of halogens is 1. The second kappa shape index (κ2) is 6.93. The minimum Gasteiger partial charge on any atom is -0.471 e. The molecule has 1 aromatic carbocycles. The van der Waals surface area contributed by atoms with E-state index in [-0.39, 0.29) is 6.73 Å². The van der Waals surface area contributed by atoms with Gasteiger partial charge in [-0.15, -0.1) is 11.3 Å². The average molecular weight is 387 g/mol. The van der Waals surface area contributed by atoms with E-state index >= 15 is 0 Å². The molecule has 0 aliphatic rings. The van der Waals surface area contributed by atoms with E-state index in [4.69, 9.17) is 20.9 Å². The van der Waals surface area contributed by atoms with Crippen molar-refractivity contribution in [2.24, 2.45) is 0 Å². The molecule has 0 bridgehead atoms. The Morgan fingerprint density at radius 1 is 1.23 bits per heavy atom. The molecule has 0 radical (unpaired) electrons. The summed E-state index contributed by atoms with van der Waals surface area (Å²) in [7, 11) is 0. The van der Waals surface area contributed by atoms with Crippen molar-refractivity contribution in [3.05, 3.63) is 58.1 Å². The predicted octanol–water partition coefficient (Wildman–Crippen LogP) is 4.97. The lowest BCUT2D eigenvalue weighted by Gasteiger charge is -2.09. The van der Waals surface area contributed by atoms with E-state index in [0.717, 1.165) is 26.8 Å². The lowest BCUT2D eigenvalue weighted by molar-refractivity contribution is 0.221. The molecule has 0 atom stereocenters. The molecule has 3 heterocycles. The maximum atomic E-state index is 6.18. The number of aromatic nitrogens is 4. The molecule has 0 aliphatic carbocycles. The van der Waals surface area contributed by atoms with Crippen molar-refractivity contribution in [3.8, 4) is 28.0 Å². The van der Waals surface area contributed by atoms with Gasteiger partial charge in [-0.25, -0.2) is 4.68 Å². The summed E-state index contributed by atoms with van der Waals surface area (Å²) in [4.78, 5) is 5.34. The zero-order chi connectivity index (χ0) is 18.1. The highest BCUT2D eigenvalue weighted by atomic mass is 35.5. The maximum absolute atomic E-state index is 6.18. The zero-order valence-corrected chi connectivity index (χ0v) is 15.7. The highest BCUT2D eigenvalue weighted by Crippen LogP contribution is 2.26. The van der Waals surface area contributed by atoms with Crippen LogP contribution in [0.15, 0.2) is 46.4 Å². The zero-order valence-electron chi connectivity index (χ0n) is 14.1. The molecule has 0 saturated heterocycles. The third kappa shape index (κ3) is 3.36. The van der Waals surface area contributed by atoms with E-state index in [1.807, 2.05) is 49.6 Å². The summed E-state index contributed by atoms with van der Waals surface area (Å²) in [5.74, 6) is 1.69. The molecule has 0 aliphatic heterocycles. The highest BCUT2D eigenvalue weighted by Gasteiger charge is 2.14. The number of thiophene rings is 1. The third-order valence-electron chi connectivity index (χ3n) is 3.80. The van der Waals surface area contributed by atoms with Gasteiger partial charge in [-0.3, -0.25) is 0 Å². The van der Waals surface area contributed by atoms with Crippen molar-refractivity contribution in [3.63, 3.8) is 0 Å². The highest BCUT2D eigenvalue weighted by molar-refractivity contribution is 7.13. The summed E-state index contributed by atoms with van der Waals surface area (Å²) >= 11 is 7.74. The molecule has 6 nitrogen and oxygen atoms in total. The van der Waals surface area contributed by atoms with Crippen LogP contribution in [0.4, 0.5) is 0 Å². The molecule has 26 heavy (non-hydrogen) atoms. The number of hydrogen-bond donors (Lipinski definition) is 0. The molecule has 0 amide bonds. The van der Waals surface area contributed by atoms with Gasteiger partial charge in [-0.05, 0) is 54.6 Å². The number of benzene rings is 1. The van der Waals surface area contributed by atoms with Crippen LogP contribution in [0.3, 0.4) is 0 Å². The van der Waals surface area contributed by atoms with Crippen molar-refractivity contribution < 1.29 is 9.26 Å². The Morgan fingerprint density at radius 2 is 2.04 bits per heavy atom. The number of aryl methyl sites for hydroxylation is 2. The number of nitrogens with zero attached hydrogens (tertiary/aromatic N) is 4. The summed E-state index contributed by atoms with van der Waals surface area (Å²) in [5, 5.41) is 11.2. The molecule has 0 N–H and O–H groups in total. The minimum atomic E-state index is 0.270. The first-order valence-corrected chi connectivity index (χ1v) is 9.17. The number of ether oxygens (including phenoxy) is 1. The standard InChI is InChI=1S/C18H15ClN4O2S/c1-11-8-13(9-12(2)16(11)19)24-10-23-6-5-14(21-23)18-20-17(22-25-18)15-4-3-7-26-15/h3-9H,10H2,1-2H3. The van der Waals surface area contributed by atoms with Crippen LogP contribution >= 0.6 is 22.9 Å². The Morgan fingerprint density at radius 3 is 2.77 bits per heavy atom. The lowest BCUT2D eigenvalue weighted by Crippen LogP contribution is -2.06. The van der Waals surface area contributed by atoms with Crippen LogP contribution in [-0.2, 0) is 6.73 Å². The molecular formula is C18H15ClN4O2S. The summed E-state index contributed by atoms with van der Waals surface area (Å²) < 4.78 is 12.8. The molecular weight excluding hydrogens is 372 g/mol. The summed E-state index contributed by atoms with van der Waals surface area (Å²) in [6.45, 7) is 4.18. The molecule has 0 unspecified atom stereocenters. The second-order valence-electron chi connectivity index (χ2n) is 5.79. The van der Waals surface area contributed by atoms with Crippen LogP contribution in [-0.4, -0.2) is 19.9 Å². The molecule has 0 saturated carbocycles. The fourth-order valence-corrected chi connectivity index (χ4v) is 3.27. The van der Waals surface area contributed by atoms with Crippen molar-refractivity contribution in [1.82, 2.24) is 19.9 Å². The van der Waals surface area contributed by atoms with Gasteiger partial charge in [0.2, 0.25) is 5.82 Å². The van der Waals surface area contributed by atoms with Crippen LogP contribution in [0.2, 0.25) is 5.02 Å². The van der Waals surface area contributed by atoms with Crippen LogP contribution in [0.5, 0.6) is 5.75 Å². The molecule has 0 fully saturated rings. The fraction of sp³-hybridized carbons (Fsp3) is 0.167. The molecule has 4 aromatic rings. The first-order chi connectivity index (χ1) is 12.6. The van der Waals surface area contributed by atoms with Gasteiger partial charge in [0.1, 0.15) is 5.75 Å². The SMILES string of the molecule is Cc1cc(OCn2ccc(-c3nc(-c4cccs4)no3)n2)cc(C)c1Cl. The molecule has 0 spiro atoms. The van der Waals surface area contributed by atoms with Crippen LogP contribution in [0.1, 0.15) is 11.1 Å². The van der Waals surface area contributed by atoms with Gasteiger partial charge in [0, 0.05) is 11.2 Å². The first-order valence-electron chi connectivity index (χ1n) is 7.91. The van der Waals surface area contributed by atoms with Crippen molar-refractivity contribution >= 4 is 22.9 Å². The largest absolute Gasteiger partial charge is 0.471 e. The summed E-state index contributed by atoms with van der Waals surface area (Å²) in [6.07, 6.45) is 1.81. The maximum Gasteiger partial charge on any atom is 0.278 e. The summed E-state index contributed by atoms with van der Waals surface area (Å²) in [6, 6.07) is 9.52. The van der Waals surface area contributed by atoms with Crippen molar-refractivity contribution in [2.75, 3.05) is 0 Å². The van der Waals surface area contributed by atoms with Crippen LogP contribution in [0.25, 0.3) is 22.3 Å². The van der Waals surface area contributed by atoms with Gasteiger partial charge in [-0.1, -0.05) is 22.8 Å². The Kier molecular flexibility index (Phi) is 4.48. The van der Waals surface area contributed by atoms with Gasteiger partial charge >= 0.3 is 0 Å². The molecule has 3 aromatic heterocycles. The Hall–Kier alpha value is -2.64. The van der Waals surface area contributed by atoms with E-state index in [0.29, 0.717) is 17.4 Å². The van der Waals surface area contributed by atoms with E-state index in [9.17, 15) is 0 Å². The van der Waals surface area contributed by atoms with Gasteiger partial charge in [0.05, 0.1) is 4.88 Å². The van der Waals surface area contributed by atoms with E-state index in [2.05, 4.69) is 15.2 Å². The van der Waals surface area contributed by atoms with E-state index < -0.39 is 0 Å². The Labute approximate surface area is 159 Å². The van der Waals surface area contributed by atoms with Crippen molar-refractivity contribution in [1.29, 1.82) is 0 Å². The fourth-order valence-electron chi connectivity index (χ4n) is 2.51. The monoisotopic (exact) mass is 386 g/mol. The van der Waals surface area contributed by atoms with Crippen LogP contribution in [0, 0.1) is 13.8 Å². The predicted molar refractivity (Wildman–Crippen MR) is 100 cm³/mol. The Bertz CT molecular complexity index is 1020. The average Bonchev–Trinajstić information content (AvgIpc) is 3.38. The third-order valence-corrected chi connectivity index (χ3v) is 5.26. The lowest BCUT2D eigenvalue weighted by atomic mass is 10.1. The van der Waals surface area contributed by atoms with Gasteiger partial charge < -0.3 is 9.26 Å². The molecule has 8 heteroatoms. The number of rotatable bonds is 5. The van der Waals surface area contributed by atoms with E-state index in [1.165, 1.54) is 0 Å². The Balaban J connectivity index is 1.47. The second-order valence-corrected chi connectivity index (χ2v) is 7.11. The first kappa shape index (κ1) is 16.8. The van der Waals surface area contributed by atoms with Crippen molar-refractivity contribution in [2.45, 2.75) is 20.6 Å². The van der Waals surface area contributed by atoms with Gasteiger partial charge in [0.15, 0.2) is 12.4 Å². The van der Waals surface area contributed by atoms with Gasteiger partial charge in [0.25, 0.3) is 5.89 Å². The normalized spacial score (nSPS) is 11.0. The molecule has 132 valence electrons. The number of hydrogen-bond acceptors (Lipinski definition) is 6. The smallest absolute Gasteiger partial charge is 0.278 e. The quantitative estimate of drug-likeness (QED) is 0.484. The van der Waals surface area contributed by atoms with Gasteiger partial charge in [-0.2, -0.15) is 10.1 Å².